The van der Waals surface area contributed by atoms with E-state index in [1.807, 2.05) is 22.7 Å². The van der Waals surface area contributed by atoms with Gasteiger partial charge in [-0.05, 0) is 74.6 Å². The fourth-order valence-corrected chi connectivity index (χ4v) is 12.4. The third kappa shape index (κ3) is 4.77. The maximum Gasteiger partial charge on any atom is 0.0619 e. The fraction of sp³-hybridized carbons (Fsp3) is 0. The van der Waals surface area contributed by atoms with E-state index in [-0.39, 0.29) is 0 Å². The van der Waals surface area contributed by atoms with Crippen molar-refractivity contribution in [3.8, 4) is 39.1 Å². The van der Waals surface area contributed by atoms with Gasteiger partial charge in [-0.2, -0.15) is 0 Å². The number of para-hydroxylation sites is 3. The lowest BCUT2D eigenvalue weighted by atomic mass is 9.85. The number of hydrogen-bond donors (Lipinski definition) is 0. The van der Waals surface area contributed by atoms with Crippen LogP contribution >= 0.6 is 22.7 Å². The number of hydrogen-bond acceptors (Lipinski definition) is 2. The molecule has 274 valence electrons. The molecule has 0 saturated carbocycles. The van der Waals surface area contributed by atoms with Crippen molar-refractivity contribution in [2.24, 2.45) is 0 Å². The Morgan fingerprint density at radius 1 is 0.288 bits per heavy atom. The lowest BCUT2D eigenvalue weighted by Gasteiger charge is -2.19. The predicted molar refractivity (Wildman–Crippen MR) is 258 cm³/mol. The van der Waals surface area contributed by atoms with E-state index in [9.17, 15) is 0 Å². The molecule has 0 unspecified atom stereocenters. The lowest BCUT2D eigenvalue weighted by Crippen LogP contribution is -1.96. The topological polar surface area (TPSA) is 4.93 Å². The van der Waals surface area contributed by atoms with E-state index in [4.69, 9.17) is 0 Å². The zero-order valence-electron chi connectivity index (χ0n) is 31.8. The first-order valence-corrected chi connectivity index (χ1v) is 21.8. The molecule has 0 spiro atoms. The number of rotatable bonds is 4. The number of benzene rings is 10. The van der Waals surface area contributed by atoms with E-state index < -0.39 is 0 Å². The van der Waals surface area contributed by atoms with Crippen molar-refractivity contribution < 1.29 is 0 Å². The van der Waals surface area contributed by atoms with Crippen LogP contribution in [0.2, 0.25) is 0 Å². The van der Waals surface area contributed by atoms with Gasteiger partial charge in [0.1, 0.15) is 0 Å². The molecule has 0 radical (unpaired) electrons. The Morgan fingerprint density at radius 3 is 1.32 bits per heavy atom. The molecule has 0 amide bonds. The largest absolute Gasteiger partial charge is 0.309 e. The van der Waals surface area contributed by atoms with Crippen LogP contribution in [-0.4, -0.2) is 4.57 Å². The minimum absolute atomic E-state index is 1.16. The van der Waals surface area contributed by atoms with Gasteiger partial charge in [-0.15, -0.1) is 22.7 Å². The van der Waals surface area contributed by atoms with Crippen LogP contribution in [-0.2, 0) is 0 Å². The smallest absolute Gasteiger partial charge is 0.0619 e. The standard InChI is InChI=1S/C56H33NS2/c1-2-15-34(16-3-1)57-50-30-7-4-17-37(50)42-24-12-29-47(54(42)57)53-40-22-10-20-35(43-25-13-27-45-38-18-5-8-31-51(38)58-55(43)45)48(40)33-49-36(21-11-23-41(49)53)44-26-14-28-46-39-19-6-9-32-52(39)59-56(44)46/h1-33H. The first-order valence-electron chi connectivity index (χ1n) is 20.2. The Balaban J connectivity index is 1.21. The van der Waals surface area contributed by atoms with Crippen LogP contribution < -0.4 is 0 Å². The summed E-state index contributed by atoms with van der Waals surface area (Å²) in [7, 11) is 0. The van der Waals surface area contributed by atoms with Gasteiger partial charge in [0.15, 0.2) is 0 Å². The summed E-state index contributed by atoms with van der Waals surface area (Å²) in [4.78, 5) is 0. The maximum atomic E-state index is 2.50. The third-order valence-electron chi connectivity index (χ3n) is 12.4. The van der Waals surface area contributed by atoms with E-state index in [0.29, 0.717) is 0 Å². The highest BCUT2D eigenvalue weighted by molar-refractivity contribution is 7.26. The monoisotopic (exact) mass is 783 g/mol. The van der Waals surface area contributed by atoms with Gasteiger partial charge in [0.2, 0.25) is 0 Å². The summed E-state index contributed by atoms with van der Waals surface area (Å²) >= 11 is 3.80. The second-order valence-corrected chi connectivity index (χ2v) is 17.6. The molecule has 1 nitrogen and oxygen atoms in total. The van der Waals surface area contributed by atoms with Crippen molar-refractivity contribution in [3.05, 3.63) is 200 Å². The number of thiophene rings is 2. The molecule has 10 aromatic carbocycles. The summed E-state index contributed by atoms with van der Waals surface area (Å²) in [6.45, 7) is 0. The zero-order valence-corrected chi connectivity index (χ0v) is 33.4. The predicted octanol–water partition coefficient (Wildman–Crippen LogP) is 16.8. The molecular formula is C56H33NS2. The van der Waals surface area contributed by atoms with Gasteiger partial charge in [0.25, 0.3) is 0 Å². The summed E-state index contributed by atoms with van der Waals surface area (Å²) in [5.74, 6) is 0. The Morgan fingerprint density at radius 2 is 0.729 bits per heavy atom. The van der Waals surface area contributed by atoms with Gasteiger partial charge in [-0.1, -0.05) is 164 Å². The number of aromatic nitrogens is 1. The molecule has 0 atom stereocenters. The van der Waals surface area contributed by atoms with Crippen molar-refractivity contribution in [2.75, 3.05) is 0 Å². The average Bonchev–Trinajstić information content (AvgIpc) is 3.98. The second-order valence-electron chi connectivity index (χ2n) is 15.5. The van der Waals surface area contributed by atoms with E-state index in [0.717, 1.165) is 5.69 Å². The highest BCUT2D eigenvalue weighted by Gasteiger charge is 2.23. The van der Waals surface area contributed by atoms with E-state index >= 15 is 0 Å². The normalized spacial score (nSPS) is 12.1. The summed E-state index contributed by atoms with van der Waals surface area (Å²) in [5.41, 5.74) is 11.2. The van der Waals surface area contributed by atoms with Gasteiger partial charge < -0.3 is 4.57 Å². The van der Waals surface area contributed by atoms with Crippen molar-refractivity contribution in [3.63, 3.8) is 0 Å². The Labute approximate surface area is 348 Å². The SMILES string of the molecule is c1ccc(-n2c3ccccc3c3cccc(-c4c5cccc(-c6cccc7c6sc6ccccc67)c5cc5c(-c6cccc7c6sc6ccccc67)cccc45)c32)cc1. The van der Waals surface area contributed by atoms with E-state index in [1.54, 1.807) is 0 Å². The van der Waals surface area contributed by atoms with E-state index in [2.05, 4.69) is 205 Å². The van der Waals surface area contributed by atoms with Gasteiger partial charge in [-0.3, -0.25) is 0 Å². The van der Waals surface area contributed by atoms with Crippen LogP contribution in [0.25, 0.3) is 123 Å². The average molecular weight is 784 g/mol. The van der Waals surface area contributed by atoms with Crippen LogP contribution in [0.1, 0.15) is 0 Å². The van der Waals surface area contributed by atoms with Crippen molar-refractivity contribution in [2.45, 2.75) is 0 Å². The molecule has 59 heavy (non-hydrogen) atoms. The molecule has 0 aliphatic rings. The van der Waals surface area contributed by atoms with Crippen LogP contribution in [0.3, 0.4) is 0 Å². The van der Waals surface area contributed by atoms with Crippen LogP contribution in [0.5, 0.6) is 0 Å². The molecule has 0 aliphatic heterocycles. The highest BCUT2D eigenvalue weighted by atomic mass is 32.1. The van der Waals surface area contributed by atoms with Gasteiger partial charge in [0, 0.05) is 73.5 Å². The lowest BCUT2D eigenvalue weighted by molar-refractivity contribution is 1.18. The molecule has 13 aromatic rings. The van der Waals surface area contributed by atoms with Gasteiger partial charge >= 0.3 is 0 Å². The van der Waals surface area contributed by atoms with Gasteiger partial charge in [-0.25, -0.2) is 0 Å². The number of fused-ring (bicyclic) bond motifs is 11. The molecule has 0 saturated heterocycles. The molecule has 3 heteroatoms. The van der Waals surface area contributed by atoms with Crippen molar-refractivity contribution in [1.29, 1.82) is 0 Å². The quantitative estimate of drug-likeness (QED) is 0.157. The molecule has 0 N–H and O–H groups in total. The molecule has 3 heterocycles. The zero-order chi connectivity index (χ0) is 38.6. The summed E-state index contributed by atoms with van der Waals surface area (Å²) in [6, 6.07) is 74.5. The molecule has 13 rings (SSSR count). The first kappa shape index (κ1) is 33.0. The molecular weight excluding hydrogens is 751 g/mol. The summed E-state index contributed by atoms with van der Waals surface area (Å²) < 4.78 is 7.78. The molecule has 0 bridgehead atoms. The minimum atomic E-state index is 1.16. The Bertz CT molecular complexity index is 3670. The number of nitrogens with zero attached hydrogens (tertiary/aromatic N) is 1. The summed E-state index contributed by atoms with van der Waals surface area (Å²) in [6.07, 6.45) is 0. The maximum absolute atomic E-state index is 2.50. The second kappa shape index (κ2) is 12.7. The molecule has 3 aromatic heterocycles. The minimum Gasteiger partial charge on any atom is -0.309 e. The van der Waals surface area contributed by atoms with Crippen LogP contribution in [0.15, 0.2) is 200 Å². The van der Waals surface area contributed by atoms with E-state index in [1.165, 1.54) is 117 Å². The molecule has 0 aliphatic carbocycles. The van der Waals surface area contributed by atoms with Crippen LogP contribution in [0.4, 0.5) is 0 Å². The van der Waals surface area contributed by atoms with Gasteiger partial charge in [0.05, 0.1) is 11.0 Å². The van der Waals surface area contributed by atoms with Crippen LogP contribution in [0, 0.1) is 0 Å². The summed E-state index contributed by atoms with van der Waals surface area (Å²) in [5, 5.41) is 12.8. The van der Waals surface area contributed by atoms with Crippen molar-refractivity contribution >= 4 is 106 Å². The molecule has 0 fully saturated rings. The first-order chi connectivity index (χ1) is 29.3. The Kier molecular flexibility index (Phi) is 7.12. The Hall–Kier alpha value is -7.04. The highest BCUT2D eigenvalue weighted by Crippen LogP contribution is 2.50. The van der Waals surface area contributed by atoms with Crippen molar-refractivity contribution in [1.82, 2.24) is 4.57 Å². The fourth-order valence-electron chi connectivity index (χ4n) is 9.91. The third-order valence-corrected chi connectivity index (χ3v) is 14.8.